The van der Waals surface area contributed by atoms with Crippen molar-refractivity contribution in [3.8, 4) is 11.1 Å². The van der Waals surface area contributed by atoms with Crippen LogP contribution in [0.15, 0.2) is 170 Å². The molecule has 38 heavy (non-hydrogen) atoms. The van der Waals surface area contributed by atoms with E-state index in [1.54, 1.807) is 12.1 Å². The SMILES string of the molecule is [3H]c1cccc(N(c2ccccc2)c2ccc(-c3ccc(N(c4ccccc4)c4cccc([3H])c4)cc3)cc2)c1. The van der Waals surface area contributed by atoms with E-state index in [-0.39, 0.29) is 0 Å². The predicted molar refractivity (Wildman–Crippen MR) is 161 cm³/mol. The number of anilines is 6. The van der Waals surface area contributed by atoms with Crippen molar-refractivity contribution in [2.75, 3.05) is 9.80 Å². The van der Waals surface area contributed by atoms with Gasteiger partial charge < -0.3 is 9.80 Å². The zero-order valence-electron chi connectivity index (χ0n) is 22.9. The van der Waals surface area contributed by atoms with Gasteiger partial charge in [0, 0.05) is 34.1 Å². The molecule has 0 unspecified atom stereocenters. The van der Waals surface area contributed by atoms with Gasteiger partial charge in [0.1, 0.15) is 0 Å². The van der Waals surface area contributed by atoms with Gasteiger partial charge in [-0.1, -0.05) is 97.0 Å². The van der Waals surface area contributed by atoms with Gasteiger partial charge in [-0.25, -0.2) is 0 Å². The van der Waals surface area contributed by atoms with E-state index in [1.165, 1.54) is 0 Å². The van der Waals surface area contributed by atoms with Crippen LogP contribution >= 0.6 is 0 Å². The average molecular weight is 493 g/mol. The molecular formula is C36H28N2. The third-order valence-electron chi connectivity index (χ3n) is 6.51. The first-order chi connectivity index (χ1) is 19.7. The molecule has 0 N–H and O–H groups in total. The molecule has 0 heterocycles. The van der Waals surface area contributed by atoms with Gasteiger partial charge >= 0.3 is 0 Å². The predicted octanol–water partition coefficient (Wildman–Crippen LogP) is 10.3. The second kappa shape index (κ2) is 10.9. The second-order valence-corrected chi connectivity index (χ2v) is 8.96. The van der Waals surface area contributed by atoms with Crippen LogP contribution in [0.2, 0.25) is 0 Å². The van der Waals surface area contributed by atoms with Gasteiger partial charge in [-0.15, -0.1) is 0 Å². The molecule has 6 aromatic rings. The molecule has 182 valence electrons. The fraction of sp³-hybridized carbons (Fsp3) is 0. The molecule has 6 rings (SSSR count). The van der Waals surface area contributed by atoms with Gasteiger partial charge in [-0.3, -0.25) is 0 Å². The summed E-state index contributed by atoms with van der Waals surface area (Å²) in [6.07, 6.45) is 0. The molecule has 0 aliphatic heterocycles. The number of rotatable bonds is 7. The summed E-state index contributed by atoms with van der Waals surface area (Å²) in [5.74, 6) is 0. The fourth-order valence-corrected chi connectivity index (χ4v) is 4.70. The van der Waals surface area contributed by atoms with E-state index in [1.807, 2.05) is 72.8 Å². The summed E-state index contributed by atoms with van der Waals surface area (Å²) in [6.45, 7) is 0. The van der Waals surface area contributed by atoms with E-state index in [9.17, 15) is 0 Å². The van der Waals surface area contributed by atoms with Gasteiger partial charge in [-0.2, -0.15) is 0 Å². The molecule has 0 fully saturated rings. The number of para-hydroxylation sites is 4. The van der Waals surface area contributed by atoms with Crippen LogP contribution < -0.4 is 9.80 Å². The summed E-state index contributed by atoms with van der Waals surface area (Å²) < 4.78 is 16.3. The summed E-state index contributed by atoms with van der Waals surface area (Å²) in [5.41, 5.74) is 8.30. The highest BCUT2D eigenvalue weighted by molar-refractivity contribution is 5.80. The molecule has 0 bridgehead atoms. The minimum Gasteiger partial charge on any atom is -0.311 e. The van der Waals surface area contributed by atoms with E-state index in [0.717, 1.165) is 45.3 Å². The fourth-order valence-electron chi connectivity index (χ4n) is 4.70. The molecular weight excluding hydrogens is 460 g/mol. The van der Waals surface area contributed by atoms with Gasteiger partial charge in [0.25, 0.3) is 0 Å². The van der Waals surface area contributed by atoms with Crippen LogP contribution in [-0.4, -0.2) is 0 Å². The smallest absolute Gasteiger partial charge is 0.0623 e. The van der Waals surface area contributed by atoms with Crippen LogP contribution in [0.1, 0.15) is 2.74 Å². The maximum Gasteiger partial charge on any atom is 0.0623 e. The third kappa shape index (κ3) is 4.93. The van der Waals surface area contributed by atoms with Gasteiger partial charge in [0.2, 0.25) is 0 Å². The summed E-state index contributed by atoms with van der Waals surface area (Å²) in [7, 11) is 0. The molecule has 0 radical (unpaired) electrons. The zero-order chi connectivity index (χ0) is 27.3. The first kappa shape index (κ1) is 21.0. The Bertz CT molecular complexity index is 1570. The summed E-state index contributed by atoms with van der Waals surface area (Å²) in [6, 6.07) is 53.8. The minimum atomic E-state index is 0.481. The molecule has 0 amide bonds. The Kier molecular flexibility index (Phi) is 6.04. The maximum atomic E-state index is 8.13. The normalized spacial score (nSPS) is 11.4. The van der Waals surface area contributed by atoms with E-state index in [2.05, 4.69) is 82.6 Å². The molecule has 0 aliphatic carbocycles. The van der Waals surface area contributed by atoms with Crippen molar-refractivity contribution in [3.05, 3.63) is 170 Å². The minimum absolute atomic E-state index is 0.481. The largest absolute Gasteiger partial charge is 0.311 e. The quantitative estimate of drug-likeness (QED) is 0.219. The van der Waals surface area contributed by atoms with Crippen molar-refractivity contribution in [1.29, 1.82) is 0 Å². The highest BCUT2D eigenvalue weighted by Gasteiger charge is 2.13. The molecule has 2 heteroatoms. The summed E-state index contributed by atoms with van der Waals surface area (Å²) in [5, 5.41) is 0. The van der Waals surface area contributed by atoms with Gasteiger partial charge in [0.15, 0.2) is 0 Å². The van der Waals surface area contributed by atoms with Crippen molar-refractivity contribution in [2.45, 2.75) is 0 Å². The first-order valence-electron chi connectivity index (χ1n) is 13.7. The van der Waals surface area contributed by atoms with Crippen LogP contribution in [0.5, 0.6) is 0 Å². The maximum absolute atomic E-state index is 8.13. The van der Waals surface area contributed by atoms with Crippen molar-refractivity contribution in [1.82, 2.24) is 0 Å². The summed E-state index contributed by atoms with van der Waals surface area (Å²) in [4.78, 5) is 4.34. The lowest BCUT2D eigenvalue weighted by Crippen LogP contribution is -2.09. The topological polar surface area (TPSA) is 6.48 Å². The molecule has 0 aromatic heterocycles. The third-order valence-corrected chi connectivity index (χ3v) is 6.51. The van der Waals surface area contributed by atoms with Crippen molar-refractivity contribution >= 4 is 34.1 Å². The Balaban J connectivity index is 1.32. The Hall–Kier alpha value is -5.08. The Morgan fingerprint density at radius 3 is 0.921 bits per heavy atom. The molecule has 0 saturated carbocycles. The Morgan fingerprint density at radius 2 is 0.579 bits per heavy atom. The molecule has 0 spiro atoms. The zero-order valence-corrected chi connectivity index (χ0v) is 20.9. The molecule has 0 saturated heterocycles. The van der Waals surface area contributed by atoms with Crippen molar-refractivity contribution in [3.63, 3.8) is 0 Å². The van der Waals surface area contributed by atoms with Crippen LogP contribution in [0, 0.1) is 0 Å². The number of benzene rings is 6. The van der Waals surface area contributed by atoms with Crippen LogP contribution in [-0.2, 0) is 0 Å². The lowest BCUT2D eigenvalue weighted by Gasteiger charge is -2.26. The lowest BCUT2D eigenvalue weighted by atomic mass is 10.0. The van der Waals surface area contributed by atoms with E-state index < -0.39 is 0 Å². The van der Waals surface area contributed by atoms with E-state index in [0.29, 0.717) is 12.1 Å². The second-order valence-electron chi connectivity index (χ2n) is 8.96. The molecule has 6 aromatic carbocycles. The molecule has 0 aliphatic rings. The first-order valence-corrected chi connectivity index (χ1v) is 12.7. The van der Waals surface area contributed by atoms with E-state index >= 15 is 0 Å². The highest BCUT2D eigenvalue weighted by Crippen LogP contribution is 2.37. The lowest BCUT2D eigenvalue weighted by molar-refractivity contribution is 1.28. The van der Waals surface area contributed by atoms with E-state index in [4.69, 9.17) is 2.74 Å². The van der Waals surface area contributed by atoms with Gasteiger partial charge in [0.05, 0.1) is 2.74 Å². The van der Waals surface area contributed by atoms with Crippen LogP contribution in [0.25, 0.3) is 11.1 Å². The highest BCUT2D eigenvalue weighted by atomic mass is 15.1. The number of hydrogen-bond acceptors (Lipinski definition) is 2. The van der Waals surface area contributed by atoms with Gasteiger partial charge in [-0.05, 0) is 83.9 Å². The number of nitrogens with zero attached hydrogens (tertiary/aromatic N) is 2. The monoisotopic (exact) mass is 492 g/mol. The molecule has 2 nitrogen and oxygen atoms in total. The Morgan fingerprint density at radius 1 is 0.289 bits per heavy atom. The standard InChI is InChI=1S/C36H28N2/c1-5-13-31(14-6-1)37(32-15-7-2-8-16-32)35-25-21-29(22-26-35)30-23-27-36(28-24-30)38(33-17-9-3-10-18-33)34-19-11-4-12-20-34/h1-28H/i5T,9T. The van der Waals surface area contributed by atoms with Crippen molar-refractivity contribution in [2.24, 2.45) is 0 Å². The van der Waals surface area contributed by atoms with Crippen molar-refractivity contribution < 1.29 is 2.74 Å². The molecule has 0 atom stereocenters. The average Bonchev–Trinajstić information content (AvgIpc) is 3.00. The van der Waals surface area contributed by atoms with Crippen LogP contribution in [0.3, 0.4) is 0 Å². The number of hydrogen-bond donors (Lipinski definition) is 0. The van der Waals surface area contributed by atoms with Crippen LogP contribution in [0.4, 0.5) is 34.1 Å². The summed E-state index contributed by atoms with van der Waals surface area (Å²) >= 11 is 0. The Labute approximate surface area is 227 Å².